The number of aromatic nitrogens is 2. The molecule has 6 heteroatoms. The van der Waals surface area contributed by atoms with Crippen molar-refractivity contribution in [1.82, 2.24) is 9.97 Å². The number of nitrogen functional groups attached to an aromatic ring is 1. The molecule has 0 aliphatic heterocycles. The van der Waals surface area contributed by atoms with Gasteiger partial charge in [0.05, 0.1) is 0 Å². The number of nitrogens with zero attached hydrogens (tertiary/aromatic N) is 2. The second-order valence-electron chi connectivity index (χ2n) is 2.78. The van der Waals surface area contributed by atoms with E-state index in [4.69, 9.17) is 5.73 Å². The monoisotopic (exact) mass is 226 g/mol. The molecule has 0 saturated carbocycles. The first-order valence-electron chi connectivity index (χ1n) is 4.07. The van der Waals surface area contributed by atoms with Gasteiger partial charge in [-0.1, -0.05) is 11.3 Å². The van der Waals surface area contributed by atoms with Gasteiger partial charge in [-0.2, -0.15) is 0 Å². The van der Waals surface area contributed by atoms with Crippen LogP contribution in [0.5, 0.6) is 0 Å². The molecule has 0 spiro atoms. The van der Waals surface area contributed by atoms with Crippen LogP contribution in [-0.2, 0) is 0 Å². The van der Waals surface area contributed by atoms with Crippen LogP contribution in [0.15, 0.2) is 5.38 Å². The van der Waals surface area contributed by atoms with Crippen LogP contribution in [0.4, 0.5) is 10.9 Å². The first-order valence-corrected chi connectivity index (χ1v) is 5.77. The van der Waals surface area contributed by atoms with E-state index in [2.05, 4.69) is 15.3 Å². The van der Waals surface area contributed by atoms with Crippen LogP contribution in [0.3, 0.4) is 0 Å². The average molecular weight is 226 g/mol. The highest BCUT2D eigenvalue weighted by atomic mass is 32.1. The Morgan fingerprint density at radius 2 is 2.21 bits per heavy atom. The zero-order chi connectivity index (χ0) is 10.1. The summed E-state index contributed by atoms with van der Waals surface area (Å²) >= 11 is 3.12. The third-order valence-electron chi connectivity index (χ3n) is 1.68. The van der Waals surface area contributed by atoms with Gasteiger partial charge in [-0.05, 0) is 6.92 Å². The second-order valence-corrected chi connectivity index (χ2v) is 4.63. The first-order chi connectivity index (χ1) is 6.70. The number of aryl methyl sites for hydroxylation is 1. The molecule has 0 unspecified atom stereocenters. The third-order valence-corrected chi connectivity index (χ3v) is 3.88. The fourth-order valence-corrected chi connectivity index (χ4v) is 2.79. The Kier molecular flexibility index (Phi) is 2.39. The summed E-state index contributed by atoms with van der Waals surface area (Å²) < 4.78 is 0. The van der Waals surface area contributed by atoms with Crippen molar-refractivity contribution < 1.29 is 0 Å². The van der Waals surface area contributed by atoms with Crippen molar-refractivity contribution in [3.63, 3.8) is 0 Å². The summed E-state index contributed by atoms with van der Waals surface area (Å²) in [5.41, 5.74) is 6.80. The topological polar surface area (TPSA) is 63.8 Å². The van der Waals surface area contributed by atoms with E-state index in [0.29, 0.717) is 5.82 Å². The molecule has 0 amide bonds. The minimum Gasteiger partial charge on any atom is -0.382 e. The summed E-state index contributed by atoms with van der Waals surface area (Å²) in [6, 6.07) is 0. The van der Waals surface area contributed by atoms with Crippen LogP contribution in [0.1, 0.15) is 5.69 Å². The Labute approximate surface area is 89.8 Å². The number of thiazole rings is 2. The van der Waals surface area contributed by atoms with Gasteiger partial charge in [-0.25, -0.2) is 9.97 Å². The van der Waals surface area contributed by atoms with Gasteiger partial charge in [0.25, 0.3) is 0 Å². The van der Waals surface area contributed by atoms with E-state index in [1.165, 1.54) is 11.3 Å². The predicted octanol–water partition coefficient (Wildman–Crippen LogP) is 2.20. The fraction of sp³-hybridized carbons (Fsp3) is 0.250. The Hall–Kier alpha value is -1.14. The molecule has 2 aromatic rings. The lowest BCUT2D eigenvalue weighted by Crippen LogP contribution is -1.89. The summed E-state index contributed by atoms with van der Waals surface area (Å²) in [5, 5.41) is 6.74. The normalized spacial score (nSPS) is 10.4. The first kappa shape index (κ1) is 9.42. The van der Waals surface area contributed by atoms with Gasteiger partial charge in [0.2, 0.25) is 0 Å². The average Bonchev–Trinajstić information content (AvgIpc) is 2.71. The third kappa shape index (κ3) is 1.58. The highest BCUT2D eigenvalue weighted by molar-refractivity contribution is 7.23. The molecule has 2 aromatic heterocycles. The number of rotatable bonds is 2. The number of nitrogens with two attached hydrogens (primary N) is 1. The maximum absolute atomic E-state index is 5.78. The van der Waals surface area contributed by atoms with Crippen LogP contribution in [-0.4, -0.2) is 17.0 Å². The zero-order valence-electron chi connectivity index (χ0n) is 7.87. The molecule has 0 atom stereocenters. The lowest BCUT2D eigenvalue weighted by atomic mass is 10.5. The predicted molar refractivity (Wildman–Crippen MR) is 61.9 cm³/mol. The van der Waals surface area contributed by atoms with E-state index in [1.54, 1.807) is 11.3 Å². The highest BCUT2D eigenvalue weighted by Gasteiger charge is 2.12. The Morgan fingerprint density at radius 1 is 1.43 bits per heavy atom. The van der Waals surface area contributed by atoms with Crippen LogP contribution < -0.4 is 11.1 Å². The quantitative estimate of drug-likeness (QED) is 0.824. The van der Waals surface area contributed by atoms with Gasteiger partial charge in [-0.3, -0.25) is 0 Å². The molecule has 3 N–H and O–H groups in total. The van der Waals surface area contributed by atoms with Gasteiger partial charge >= 0.3 is 0 Å². The van der Waals surface area contributed by atoms with E-state index in [-0.39, 0.29) is 0 Å². The van der Waals surface area contributed by atoms with Crippen LogP contribution >= 0.6 is 22.7 Å². The summed E-state index contributed by atoms with van der Waals surface area (Å²) in [6.07, 6.45) is 0. The van der Waals surface area contributed by atoms with Crippen molar-refractivity contribution in [3.8, 4) is 9.88 Å². The van der Waals surface area contributed by atoms with Crippen LogP contribution in [0.2, 0.25) is 0 Å². The molecule has 14 heavy (non-hydrogen) atoms. The Morgan fingerprint density at radius 3 is 2.71 bits per heavy atom. The molecule has 4 nitrogen and oxygen atoms in total. The Balaban J connectivity index is 2.45. The molecule has 0 aliphatic rings. The molecular formula is C8H10N4S2. The maximum atomic E-state index is 5.78. The molecule has 0 aromatic carbocycles. The molecular weight excluding hydrogens is 216 g/mol. The fourth-order valence-electron chi connectivity index (χ4n) is 1.05. The number of hydrogen-bond acceptors (Lipinski definition) is 6. The van der Waals surface area contributed by atoms with Gasteiger partial charge in [0.15, 0.2) is 5.13 Å². The summed E-state index contributed by atoms with van der Waals surface area (Å²) in [6.45, 7) is 1.97. The molecule has 0 aliphatic carbocycles. The largest absolute Gasteiger partial charge is 0.382 e. The molecule has 74 valence electrons. The van der Waals surface area contributed by atoms with Crippen molar-refractivity contribution >= 4 is 33.6 Å². The maximum Gasteiger partial charge on any atom is 0.185 e. The van der Waals surface area contributed by atoms with E-state index in [0.717, 1.165) is 20.7 Å². The summed E-state index contributed by atoms with van der Waals surface area (Å²) in [5.74, 6) is 0.550. The van der Waals surface area contributed by atoms with E-state index in [9.17, 15) is 0 Å². The molecule has 2 heterocycles. The zero-order valence-corrected chi connectivity index (χ0v) is 9.50. The van der Waals surface area contributed by atoms with Crippen molar-refractivity contribution in [2.75, 3.05) is 18.1 Å². The van der Waals surface area contributed by atoms with Gasteiger partial charge in [0.1, 0.15) is 15.7 Å². The molecule has 0 fully saturated rings. The van der Waals surface area contributed by atoms with E-state index >= 15 is 0 Å². The summed E-state index contributed by atoms with van der Waals surface area (Å²) in [7, 11) is 1.83. The summed E-state index contributed by atoms with van der Waals surface area (Å²) in [4.78, 5) is 9.49. The van der Waals surface area contributed by atoms with Gasteiger partial charge < -0.3 is 11.1 Å². The molecule has 0 radical (unpaired) electrons. The highest BCUT2D eigenvalue weighted by Crippen LogP contribution is 2.36. The van der Waals surface area contributed by atoms with E-state index in [1.807, 2.05) is 19.4 Å². The second kappa shape index (κ2) is 3.55. The van der Waals surface area contributed by atoms with Crippen LogP contribution in [0.25, 0.3) is 9.88 Å². The van der Waals surface area contributed by atoms with E-state index < -0.39 is 0 Å². The molecule has 0 bridgehead atoms. The SMILES string of the molecule is CNc1nc(N)c(-c2nc(C)cs2)s1. The van der Waals surface area contributed by atoms with Crippen molar-refractivity contribution in [3.05, 3.63) is 11.1 Å². The lowest BCUT2D eigenvalue weighted by Gasteiger charge is -1.89. The minimum atomic E-state index is 0.550. The number of nitrogens with one attached hydrogen (secondary N) is 1. The minimum absolute atomic E-state index is 0.550. The van der Waals surface area contributed by atoms with Crippen molar-refractivity contribution in [2.45, 2.75) is 6.92 Å². The van der Waals surface area contributed by atoms with Gasteiger partial charge in [0, 0.05) is 18.1 Å². The number of anilines is 2. The standard InChI is InChI=1S/C8H10N4S2/c1-4-3-13-7(11-4)5-6(9)12-8(10-2)14-5/h3H,9H2,1-2H3,(H,10,12). The van der Waals surface area contributed by atoms with Crippen molar-refractivity contribution in [1.29, 1.82) is 0 Å². The molecule has 0 saturated heterocycles. The van der Waals surface area contributed by atoms with Crippen LogP contribution in [0, 0.1) is 6.92 Å². The van der Waals surface area contributed by atoms with Crippen molar-refractivity contribution in [2.24, 2.45) is 0 Å². The smallest absolute Gasteiger partial charge is 0.185 e. The van der Waals surface area contributed by atoms with Gasteiger partial charge in [-0.15, -0.1) is 11.3 Å². The number of hydrogen-bond donors (Lipinski definition) is 2. The molecule has 2 rings (SSSR count). The lowest BCUT2D eigenvalue weighted by molar-refractivity contribution is 1.27. The Bertz CT molecular complexity index is 446.